The van der Waals surface area contributed by atoms with Crippen molar-refractivity contribution < 1.29 is 14.1 Å². The minimum absolute atomic E-state index is 0.337. The number of carbonyl (C=O) groups is 1. The molecule has 0 saturated heterocycles. The molecule has 2 aromatic rings. The van der Waals surface area contributed by atoms with Crippen LogP contribution >= 0.6 is 11.8 Å². The lowest BCUT2D eigenvalue weighted by molar-refractivity contribution is 0.0600. The van der Waals surface area contributed by atoms with Gasteiger partial charge in [0.25, 0.3) is 0 Å². The van der Waals surface area contributed by atoms with E-state index in [1.165, 1.54) is 13.4 Å². The Balaban J connectivity index is 2.39. The molecule has 0 aliphatic rings. The molecule has 0 saturated carbocycles. The Morgan fingerprint density at radius 1 is 1.35 bits per heavy atom. The smallest absolute Gasteiger partial charge is 0.343 e. The largest absolute Gasteiger partial charge is 0.465 e. The summed E-state index contributed by atoms with van der Waals surface area (Å²) in [4.78, 5) is 12.6. The van der Waals surface area contributed by atoms with Crippen LogP contribution in [0.2, 0.25) is 0 Å². The summed E-state index contributed by atoms with van der Waals surface area (Å²) in [5.74, 6) is -0.449. The van der Waals surface area contributed by atoms with Crippen LogP contribution in [0.15, 0.2) is 39.9 Å². The molecule has 0 radical (unpaired) electrons. The second-order valence-corrected chi connectivity index (χ2v) is 4.18. The van der Waals surface area contributed by atoms with E-state index in [0.29, 0.717) is 11.3 Å². The Morgan fingerprint density at radius 3 is 2.65 bits per heavy atom. The van der Waals surface area contributed by atoms with Crippen LogP contribution in [0.25, 0.3) is 11.3 Å². The highest BCUT2D eigenvalue weighted by Gasteiger charge is 2.17. The summed E-state index contributed by atoms with van der Waals surface area (Å²) in [5, 5.41) is 3.83. The fourth-order valence-corrected chi connectivity index (χ4v) is 1.86. The second-order valence-electron chi connectivity index (χ2n) is 3.30. The Morgan fingerprint density at radius 2 is 2.06 bits per heavy atom. The Labute approximate surface area is 103 Å². The van der Waals surface area contributed by atoms with Gasteiger partial charge in [-0.05, 0) is 18.4 Å². The first kappa shape index (κ1) is 11.7. The summed E-state index contributed by atoms with van der Waals surface area (Å²) in [7, 11) is 1.33. The molecule has 5 heteroatoms. The van der Waals surface area contributed by atoms with E-state index < -0.39 is 5.97 Å². The van der Waals surface area contributed by atoms with Crippen LogP contribution in [0.5, 0.6) is 0 Å². The summed E-state index contributed by atoms with van der Waals surface area (Å²) in [5.41, 5.74) is 1.67. The maximum Gasteiger partial charge on any atom is 0.343 e. The maximum absolute atomic E-state index is 11.5. The lowest BCUT2D eigenvalue weighted by atomic mass is 10.1. The lowest BCUT2D eigenvalue weighted by Gasteiger charge is -2.01. The predicted octanol–water partition coefficient (Wildman–Crippen LogP) is 2.85. The van der Waals surface area contributed by atoms with E-state index in [1.807, 2.05) is 30.5 Å². The normalized spacial score (nSPS) is 10.2. The van der Waals surface area contributed by atoms with E-state index in [2.05, 4.69) is 9.89 Å². The van der Waals surface area contributed by atoms with Gasteiger partial charge in [-0.15, -0.1) is 11.8 Å². The Bertz CT molecular complexity index is 519. The number of ether oxygens (including phenoxy) is 1. The van der Waals surface area contributed by atoms with Crippen molar-refractivity contribution in [2.45, 2.75) is 4.90 Å². The molecule has 0 aliphatic heterocycles. The molecule has 1 aromatic carbocycles. The fraction of sp³-hybridized carbons (Fsp3) is 0.167. The number of thioether (sulfide) groups is 1. The Hall–Kier alpha value is -1.75. The van der Waals surface area contributed by atoms with Crippen molar-refractivity contribution in [3.63, 3.8) is 0 Å². The van der Waals surface area contributed by atoms with Crippen molar-refractivity contribution in [2.24, 2.45) is 0 Å². The number of rotatable bonds is 3. The summed E-state index contributed by atoms with van der Waals surface area (Å²) in [6, 6.07) is 7.73. The van der Waals surface area contributed by atoms with E-state index in [9.17, 15) is 4.79 Å². The zero-order valence-electron chi connectivity index (χ0n) is 9.47. The van der Waals surface area contributed by atoms with E-state index >= 15 is 0 Å². The van der Waals surface area contributed by atoms with Crippen LogP contribution in [-0.4, -0.2) is 24.5 Å². The molecule has 0 amide bonds. The van der Waals surface area contributed by atoms with Crippen molar-refractivity contribution >= 4 is 17.7 Å². The van der Waals surface area contributed by atoms with E-state index in [4.69, 9.17) is 4.52 Å². The summed E-state index contributed by atoms with van der Waals surface area (Å²) in [6.07, 6.45) is 3.30. The minimum Gasteiger partial charge on any atom is -0.465 e. The second kappa shape index (κ2) is 5.05. The first-order valence-corrected chi connectivity index (χ1v) is 6.16. The monoisotopic (exact) mass is 249 g/mol. The molecule has 0 atom stereocenters. The zero-order valence-corrected chi connectivity index (χ0v) is 10.3. The minimum atomic E-state index is -0.449. The topological polar surface area (TPSA) is 52.3 Å². The van der Waals surface area contributed by atoms with Crippen LogP contribution in [0.3, 0.4) is 0 Å². The summed E-state index contributed by atoms with van der Waals surface area (Å²) >= 11 is 1.65. The summed E-state index contributed by atoms with van der Waals surface area (Å²) < 4.78 is 9.48. The molecule has 4 nitrogen and oxygen atoms in total. The molecule has 0 unspecified atom stereocenters. The number of benzene rings is 1. The zero-order chi connectivity index (χ0) is 12.3. The van der Waals surface area contributed by atoms with Crippen molar-refractivity contribution in [1.29, 1.82) is 0 Å². The molecule has 1 heterocycles. The molecule has 0 fully saturated rings. The number of methoxy groups -OCH3 is 1. The Kier molecular flexibility index (Phi) is 3.49. The maximum atomic E-state index is 11.5. The van der Waals surface area contributed by atoms with Gasteiger partial charge in [0.2, 0.25) is 0 Å². The highest BCUT2D eigenvalue weighted by molar-refractivity contribution is 7.98. The van der Waals surface area contributed by atoms with Gasteiger partial charge in [-0.3, -0.25) is 0 Å². The van der Waals surface area contributed by atoms with Gasteiger partial charge in [0, 0.05) is 10.5 Å². The molecule has 0 aliphatic carbocycles. The van der Waals surface area contributed by atoms with Gasteiger partial charge in [0.05, 0.1) is 7.11 Å². The van der Waals surface area contributed by atoms with Gasteiger partial charge < -0.3 is 9.26 Å². The standard InChI is InChI=1S/C12H11NO3S/c1-15-12(14)10-7-16-13-11(10)8-3-5-9(17-2)6-4-8/h3-7H,1-2H3. The third-order valence-corrected chi connectivity index (χ3v) is 3.08. The van der Waals surface area contributed by atoms with Crippen molar-refractivity contribution in [3.05, 3.63) is 36.1 Å². The van der Waals surface area contributed by atoms with Gasteiger partial charge >= 0.3 is 5.97 Å². The molecular weight excluding hydrogens is 238 g/mol. The van der Waals surface area contributed by atoms with Crippen molar-refractivity contribution in [3.8, 4) is 11.3 Å². The van der Waals surface area contributed by atoms with Crippen LogP contribution in [0.4, 0.5) is 0 Å². The number of aromatic nitrogens is 1. The van der Waals surface area contributed by atoms with Gasteiger partial charge in [0.15, 0.2) is 0 Å². The average Bonchev–Trinajstić information content (AvgIpc) is 2.87. The molecule has 88 valence electrons. The van der Waals surface area contributed by atoms with Gasteiger partial charge in [0.1, 0.15) is 17.5 Å². The highest BCUT2D eigenvalue weighted by Crippen LogP contribution is 2.25. The fourth-order valence-electron chi connectivity index (χ4n) is 1.45. The first-order chi connectivity index (χ1) is 8.26. The molecular formula is C12H11NO3S. The van der Waals surface area contributed by atoms with Gasteiger partial charge in [-0.25, -0.2) is 4.79 Å². The number of hydrogen-bond donors (Lipinski definition) is 0. The van der Waals surface area contributed by atoms with E-state index in [-0.39, 0.29) is 0 Å². The molecule has 0 bridgehead atoms. The molecule has 0 N–H and O–H groups in total. The summed E-state index contributed by atoms with van der Waals surface area (Å²) in [6.45, 7) is 0. The van der Waals surface area contributed by atoms with Crippen LogP contribution in [0, 0.1) is 0 Å². The third-order valence-electron chi connectivity index (χ3n) is 2.34. The van der Waals surface area contributed by atoms with Crippen LogP contribution in [-0.2, 0) is 4.74 Å². The highest BCUT2D eigenvalue weighted by atomic mass is 32.2. The number of hydrogen-bond acceptors (Lipinski definition) is 5. The van der Waals surface area contributed by atoms with Gasteiger partial charge in [-0.2, -0.15) is 0 Å². The predicted molar refractivity (Wildman–Crippen MR) is 65.1 cm³/mol. The number of nitrogens with zero attached hydrogens (tertiary/aromatic N) is 1. The van der Waals surface area contributed by atoms with E-state index in [0.717, 1.165) is 10.5 Å². The molecule has 17 heavy (non-hydrogen) atoms. The molecule has 1 aromatic heterocycles. The van der Waals surface area contributed by atoms with Crippen LogP contribution < -0.4 is 0 Å². The van der Waals surface area contributed by atoms with Gasteiger partial charge in [-0.1, -0.05) is 17.3 Å². The number of carbonyl (C=O) groups excluding carboxylic acids is 1. The number of esters is 1. The first-order valence-electron chi connectivity index (χ1n) is 4.93. The van der Waals surface area contributed by atoms with Crippen molar-refractivity contribution in [2.75, 3.05) is 13.4 Å². The SMILES string of the molecule is COC(=O)c1conc1-c1ccc(SC)cc1. The van der Waals surface area contributed by atoms with E-state index in [1.54, 1.807) is 11.8 Å². The lowest BCUT2D eigenvalue weighted by Crippen LogP contribution is -2.01. The third kappa shape index (κ3) is 2.34. The molecule has 0 spiro atoms. The molecule has 2 rings (SSSR count). The average molecular weight is 249 g/mol. The van der Waals surface area contributed by atoms with Crippen LogP contribution in [0.1, 0.15) is 10.4 Å². The quantitative estimate of drug-likeness (QED) is 0.618. The van der Waals surface area contributed by atoms with Crippen molar-refractivity contribution in [1.82, 2.24) is 5.16 Å².